The standard InChI is InChI=1S/C15H12N4O2S/c20-12(17-15-19-18-14(22-15)9-5-6-9)7-8-13-16-10-3-1-2-4-11(10)21-13/h1-4,7-9H,5-6H2,(H,17,19,20)/b8-7+. The molecule has 2 aromatic heterocycles. The smallest absolute Gasteiger partial charge is 0.250 e. The molecule has 0 unspecified atom stereocenters. The lowest BCUT2D eigenvalue weighted by atomic mass is 10.3. The lowest BCUT2D eigenvalue weighted by Gasteiger charge is -1.93. The number of fused-ring (bicyclic) bond motifs is 1. The summed E-state index contributed by atoms with van der Waals surface area (Å²) in [4.78, 5) is 16.1. The van der Waals surface area contributed by atoms with Gasteiger partial charge in [-0.15, -0.1) is 10.2 Å². The van der Waals surface area contributed by atoms with Crippen molar-refractivity contribution in [2.75, 3.05) is 5.32 Å². The Kier molecular flexibility index (Phi) is 3.19. The van der Waals surface area contributed by atoms with Crippen molar-refractivity contribution in [2.45, 2.75) is 18.8 Å². The van der Waals surface area contributed by atoms with Crippen molar-refractivity contribution in [3.8, 4) is 0 Å². The summed E-state index contributed by atoms with van der Waals surface area (Å²) in [5, 5.41) is 12.3. The van der Waals surface area contributed by atoms with Gasteiger partial charge < -0.3 is 4.42 Å². The summed E-state index contributed by atoms with van der Waals surface area (Å²) in [5.74, 6) is 0.659. The van der Waals surface area contributed by atoms with Crippen molar-refractivity contribution in [1.29, 1.82) is 0 Å². The van der Waals surface area contributed by atoms with Crippen molar-refractivity contribution < 1.29 is 9.21 Å². The molecule has 0 radical (unpaired) electrons. The predicted molar refractivity (Wildman–Crippen MR) is 83.6 cm³/mol. The fourth-order valence-corrected chi connectivity index (χ4v) is 2.95. The maximum Gasteiger partial charge on any atom is 0.250 e. The Bertz CT molecular complexity index is 830. The number of nitrogens with one attached hydrogen (secondary N) is 1. The Morgan fingerprint density at radius 3 is 3.00 bits per heavy atom. The van der Waals surface area contributed by atoms with E-state index < -0.39 is 0 Å². The molecule has 110 valence electrons. The molecule has 0 spiro atoms. The molecule has 1 aliphatic carbocycles. The Labute approximate surface area is 129 Å². The highest BCUT2D eigenvalue weighted by Gasteiger charge is 2.27. The SMILES string of the molecule is O=C(/C=C/c1nc2ccccc2o1)Nc1nnc(C2CC2)s1. The molecule has 1 fully saturated rings. The molecule has 1 N–H and O–H groups in total. The summed E-state index contributed by atoms with van der Waals surface area (Å²) in [7, 11) is 0. The number of rotatable bonds is 4. The summed E-state index contributed by atoms with van der Waals surface area (Å²) in [6.45, 7) is 0. The van der Waals surface area contributed by atoms with Crippen LogP contribution in [0.5, 0.6) is 0 Å². The molecule has 0 atom stereocenters. The van der Waals surface area contributed by atoms with Crippen LogP contribution in [0, 0.1) is 0 Å². The highest BCUT2D eigenvalue weighted by atomic mass is 32.1. The molecule has 2 heterocycles. The molecular weight excluding hydrogens is 300 g/mol. The second-order valence-corrected chi connectivity index (χ2v) is 6.07. The maximum atomic E-state index is 11.9. The highest BCUT2D eigenvalue weighted by molar-refractivity contribution is 7.15. The number of amides is 1. The summed E-state index contributed by atoms with van der Waals surface area (Å²) >= 11 is 1.43. The Morgan fingerprint density at radius 2 is 2.18 bits per heavy atom. The molecule has 1 amide bonds. The van der Waals surface area contributed by atoms with Crippen LogP contribution in [0.4, 0.5) is 5.13 Å². The van der Waals surface area contributed by atoms with E-state index >= 15 is 0 Å². The lowest BCUT2D eigenvalue weighted by Crippen LogP contribution is -2.07. The first-order chi connectivity index (χ1) is 10.8. The minimum Gasteiger partial charge on any atom is -0.437 e. The van der Waals surface area contributed by atoms with Crippen molar-refractivity contribution in [2.24, 2.45) is 0 Å². The first-order valence-corrected chi connectivity index (χ1v) is 7.77. The lowest BCUT2D eigenvalue weighted by molar-refractivity contribution is -0.111. The zero-order chi connectivity index (χ0) is 14.9. The fraction of sp³-hybridized carbons (Fsp3) is 0.200. The normalized spacial score (nSPS) is 14.7. The van der Waals surface area contributed by atoms with Gasteiger partial charge in [-0.1, -0.05) is 23.5 Å². The Balaban J connectivity index is 1.43. The number of aromatic nitrogens is 3. The van der Waals surface area contributed by atoms with Gasteiger partial charge in [0.25, 0.3) is 0 Å². The first kappa shape index (κ1) is 13.1. The van der Waals surface area contributed by atoms with E-state index in [9.17, 15) is 4.79 Å². The number of hydrogen-bond acceptors (Lipinski definition) is 6. The van der Waals surface area contributed by atoms with Crippen LogP contribution in [0.2, 0.25) is 0 Å². The third-order valence-electron chi connectivity index (χ3n) is 3.29. The van der Waals surface area contributed by atoms with E-state index in [1.165, 1.54) is 36.3 Å². The van der Waals surface area contributed by atoms with Gasteiger partial charge in [0.1, 0.15) is 10.5 Å². The molecular formula is C15H12N4O2S. The van der Waals surface area contributed by atoms with Crippen molar-refractivity contribution in [3.05, 3.63) is 41.2 Å². The number of carbonyl (C=O) groups is 1. The monoisotopic (exact) mass is 312 g/mol. The van der Waals surface area contributed by atoms with E-state index in [0.29, 0.717) is 22.5 Å². The summed E-state index contributed by atoms with van der Waals surface area (Å²) in [6.07, 6.45) is 5.25. The van der Waals surface area contributed by atoms with Gasteiger partial charge in [-0.05, 0) is 25.0 Å². The molecule has 0 aliphatic heterocycles. The van der Waals surface area contributed by atoms with Gasteiger partial charge in [0.05, 0.1) is 0 Å². The molecule has 6 nitrogen and oxygen atoms in total. The van der Waals surface area contributed by atoms with Gasteiger partial charge in [-0.2, -0.15) is 0 Å². The third kappa shape index (κ3) is 2.75. The zero-order valence-corrected chi connectivity index (χ0v) is 12.3. The third-order valence-corrected chi connectivity index (χ3v) is 4.29. The number of oxazole rings is 1. The fourth-order valence-electron chi connectivity index (χ4n) is 2.04. The largest absolute Gasteiger partial charge is 0.437 e. The van der Waals surface area contributed by atoms with Gasteiger partial charge in [-0.25, -0.2) is 4.98 Å². The van der Waals surface area contributed by atoms with Crippen LogP contribution in [0.25, 0.3) is 17.2 Å². The number of benzene rings is 1. The highest BCUT2D eigenvalue weighted by Crippen LogP contribution is 2.42. The summed E-state index contributed by atoms with van der Waals surface area (Å²) < 4.78 is 5.51. The maximum absolute atomic E-state index is 11.9. The zero-order valence-electron chi connectivity index (χ0n) is 11.5. The topological polar surface area (TPSA) is 80.9 Å². The van der Waals surface area contributed by atoms with E-state index in [0.717, 1.165) is 10.5 Å². The second-order valence-electron chi connectivity index (χ2n) is 5.06. The van der Waals surface area contributed by atoms with Crippen LogP contribution < -0.4 is 5.32 Å². The van der Waals surface area contributed by atoms with E-state index in [1.54, 1.807) is 0 Å². The van der Waals surface area contributed by atoms with Crippen LogP contribution >= 0.6 is 11.3 Å². The van der Waals surface area contributed by atoms with Gasteiger partial charge in [0.15, 0.2) is 5.58 Å². The van der Waals surface area contributed by atoms with Gasteiger partial charge in [0, 0.05) is 18.1 Å². The van der Waals surface area contributed by atoms with E-state index in [-0.39, 0.29) is 5.91 Å². The molecule has 1 aromatic carbocycles. The van der Waals surface area contributed by atoms with Gasteiger partial charge in [0.2, 0.25) is 16.9 Å². The molecule has 3 aromatic rings. The van der Waals surface area contributed by atoms with Crippen molar-refractivity contribution in [3.63, 3.8) is 0 Å². The molecule has 4 rings (SSSR count). The molecule has 1 saturated carbocycles. The summed E-state index contributed by atoms with van der Waals surface area (Å²) in [6, 6.07) is 7.45. The van der Waals surface area contributed by atoms with Crippen LogP contribution in [-0.2, 0) is 4.79 Å². The van der Waals surface area contributed by atoms with Crippen LogP contribution in [0.1, 0.15) is 29.7 Å². The molecule has 7 heteroatoms. The van der Waals surface area contributed by atoms with E-state index in [1.807, 2.05) is 24.3 Å². The molecule has 0 saturated heterocycles. The van der Waals surface area contributed by atoms with Crippen molar-refractivity contribution >= 4 is 39.6 Å². The first-order valence-electron chi connectivity index (χ1n) is 6.96. The van der Waals surface area contributed by atoms with Crippen LogP contribution in [0.15, 0.2) is 34.8 Å². The number of anilines is 1. The van der Waals surface area contributed by atoms with Crippen molar-refractivity contribution in [1.82, 2.24) is 15.2 Å². The van der Waals surface area contributed by atoms with Crippen LogP contribution in [0.3, 0.4) is 0 Å². The number of carbonyl (C=O) groups excluding carboxylic acids is 1. The molecule has 22 heavy (non-hydrogen) atoms. The summed E-state index contributed by atoms with van der Waals surface area (Å²) in [5.41, 5.74) is 1.46. The minimum absolute atomic E-state index is 0.277. The predicted octanol–water partition coefficient (Wildman–Crippen LogP) is 3.21. The van der Waals surface area contributed by atoms with E-state index in [2.05, 4.69) is 20.5 Å². The Hall–Kier alpha value is -2.54. The average Bonchev–Trinajstić information content (AvgIpc) is 3.12. The Morgan fingerprint density at radius 1 is 1.32 bits per heavy atom. The second kappa shape index (κ2) is 5.34. The molecule has 0 bridgehead atoms. The number of hydrogen-bond donors (Lipinski definition) is 1. The quantitative estimate of drug-likeness (QED) is 0.748. The van der Waals surface area contributed by atoms with E-state index in [4.69, 9.17) is 4.42 Å². The van der Waals surface area contributed by atoms with Gasteiger partial charge >= 0.3 is 0 Å². The van der Waals surface area contributed by atoms with Crippen LogP contribution in [-0.4, -0.2) is 21.1 Å². The number of para-hydroxylation sites is 2. The van der Waals surface area contributed by atoms with Gasteiger partial charge in [-0.3, -0.25) is 10.1 Å². The minimum atomic E-state index is -0.277. The molecule has 1 aliphatic rings. The number of nitrogens with zero attached hydrogens (tertiary/aromatic N) is 3. The average molecular weight is 312 g/mol.